The molecule has 2 N–H and O–H groups in total. The van der Waals surface area contributed by atoms with Gasteiger partial charge >= 0.3 is 5.97 Å². The van der Waals surface area contributed by atoms with E-state index < -0.39 is 17.7 Å². The van der Waals surface area contributed by atoms with Crippen molar-refractivity contribution in [1.82, 2.24) is 0 Å². The van der Waals surface area contributed by atoms with Crippen molar-refractivity contribution in [2.75, 3.05) is 6.26 Å². The minimum absolute atomic E-state index is 0.114. The number of carboxylic acids is 1. The number of benzene rings is 1. The van der Waals surface area contributed by atoms with Crippen molar-refractivity contribution in [3.8, 4) is 5.75 Å². The van der Waals surface area contributed by atoms with Gasteiger partial charge in [-0.15, -0.1) is 11.8 Å². The summed E-state index contributed by atoms with van der Waals surface area (Å²) >= 11 is 1.10. The van der Waals surface area contributed by atoms with Crippen LogP contribution in [0.5, 0.6) is 5.75 Å². The molecule has 0 aliphatic rings. The number of phenols is 1. The Hall–Kier alpha value is -1.23. The lowest BCUT2D eigenvalue weighted by Crippen LogP contribution is -2.13. The highest BCUT2D eigenvalue weighted by Crippen LogP contribution is 2.32. The first-order valence-corrected chi connectivity index (χ1v) is 5.97. The number of phenolic OH excluding ortho intramolecular Hbond substituents is 1. The highest BCUT2D eigenvalue weighted by molar-refractivity contribution is 7.98. The van der Waals surface area contributed by atoms with Crippen LogP contribution in [-0.2, 0) is 11.2 Å². The second-order valence-electron chi connectivity index (χ2n) is 3.53. The summed E-state index contributed by atoms with van der Waals surface area (Å²) in [5.74, 6) is -2.25. The second kappa shape index (κ2) is 5.21. The molecule has 0 radical (unpaired) electrons. The quantitative estimate of drug-likeness (QED) is 0.799. The Kier molecular flexibility index (Phi) is 4.18. The van der Waals surface area contributed by atoms with Gasteiger partial charge in [-0.05, 0) is 24.3 Å². The van der Waals surface area contributed by atoms with Gasteiger partial charge in [0.2, 0.25) is 0 Å². The van der Waals surface area contributed by atoms with Gasteiger partial charge in [-0.1, -0.05) is 13.0 Å². The van der Waals surface area contributed by atoms with Gasteiger partial charge in [0, 0.05) is 0 Å². The minimum Gasteiger partial charge on any atom is -0.507 e. The molecule has 0 spiro atoms. The molecule has 0 heterocycles. The summed E-state index contributed by atoms with van der Waals surface area (Å²) in [6.45, 7) is 1.52. The van der Waals surface area contributed by atoms with E-state index in [-0.39, 0.29) is 17.1 Å². The zero-order chi connectivity index (χ0) is 12.3. The van der Waals surface area contributed by atoms with Crippen LogP contribution in [0.25, 0.3) is 0 Å². The molecular formula is C11H13FO3S. The lowest BCUT2D eigenvalue weighted by Gasteiger charge is -2.10. The summed E-state index contributed by atoms with van der Waals surface area (Å²) in [5, 5.41) is 18.1. The molecule has 1 aromatic rings. The fourth-order valence-electron chi connectivity index (χ4n) is 1.36. The normalized spacial score (nSPS) is 12.4. The molecule has 88 valence electrons. The van der Waals surface area contributed by atoms with Gasteiger partial charge in [-0.3, -0.25) is 4.79 Å². The molecule has 0 aromatic heterocycles. The fourth-order valence-corrected chi connectivity index (χ4v) is 1.94. The topological polar surface area (TPSA) is 57.5 Å². The Bertz CT molecular complexity index is 406. The average molecular weight is 244 g/mol. The molecular weight excluding hydrogens is 231 g/mol. The maximum Gasteiger partial charge on any atom is 0.306 e. The third-order valence-corrected chi connectivity index (χ3v) is 3.10. The lowest BCUT2D eigenvalue weighted by atomic mass is 10.0. The summed E-state index contributed by atoms with van der Waals surface area (Å²) in [5.41, 5.74) is 0.317. The van der Waals surface area contributed by atoms with Crippen molar-refractivity contribution >= 4 is 17.7 Å². The molecule has 5 heteroatoms. The van der Waals surface area contributed by atoms with E-state index in [0.717, 1.165) is 11.8 Å². The van der Waals surface area contributed by atoms with Crippen molar-refractivity contribution in [3.63, 3.8) is 0 Å². The van der Waals surface area contributed by atoms with Crippen LogP contribution < -0.4 is 0 Å². The van der Waals surface area contributed by atoms with E-state index >= 15 is 0 Å². The summed E-state index contributed by atoms with van der Waals surface area (Å²) in [6, 6.07) is 2.81. The van der Waals surface area contributed by atoms with Gasteiger partial charge < -0.3 is 10.2 Å². The molecule has 16 heavy (non-hydrogen) atoms. The predicted molar refractivity (Wildman–Crippen MR) is 60.3 cm³/mol. The lowest BCUT2D eigenvalue weighted by molar-refractivity contribution is -0.141. The van der Waals surface area contributed by atoms with Gasteiger partial charge in [0.25, 0.3) is 0 Å². The van der Waals surface area contributed by atoms with Crippen molar-refractivity contribution in [3.05, 3.63) is 23.5 Å². The first-order valence-electron chi connectivity index (χ1n) is 4.74. The number of rotatable bonds is 4. The van der Waals surface area contributed by atoms with E-state index in [1.807, 2.05) is 0 Å². The van der Waals surface area contributed by atoms with E-state index in [1.54, 1.807) is 6.26 Å². The monoisotopic (exact) mass is 244 g/mol. The predicted octanol–water partition coefficient (Wildman–Crippen LogP) is 2.52. The van der Waals surface area contributed by atoms with Crippen LogP contribution in [0.4, 0.5) is 4.39 Å². The first-order chi connectivity index (χ1) is 7.47. The molecule has 0 fully saturated rings. The molecule has 1 atom stereocenters. The van der Waals surface area contributed by atoms with E-state index in [2.05, 4.69) is 0 Å². The number of carbonyl (C=O) groups is 1. The maximum atomic E-state index is 13.8. The molecule has 1 unspecified atom stereocenters. The second-order valence-corrected chi connectivity index (χ2v) is 4.35. The smallest absolute Gasteiger partial charge is 0.306 e. The van der Waals surface area contributed by atoms with Crippen molar-refractivity contribution in [2.45, 2.75) is 18.2 Å². The first kappa shape index (κ1) is 12.8. The molecule has 0 saturated carbocycles. The van der Waals surface area contributed by atoms with Gasteiger partial charge in [0.05, 0.1) is 10.8 Å². The van der Waals surface area contributed by atoms with Crippen LogP contribution in [-0.4, -0.2) is 22.4 Å². The number of carboxylic acid groups (broad SMARTS) is 1. The van der Waals surface area contributed by atoms with Crippen LogP contribution in [0.15, 0.2) is 17.0 Å². The van der Waals surface area contributed by atoms with E-state index in [1.165, 1.54) is 19.1 Å². The Morgan fingerprint density at radius 2 is 2.19 bits per heavy atom. The number of hydrogen-bond acceptors (Lipinski definition) is 3. The number of aromatic hydroxyl groups is 1. The molecule has 1 aromatic carbocycles. The summed E-state index contributed by atoms with van der Waals surface area (Å²) in [7, 11) is 0. The summed E-state index contributed by atoms with van der Waals surface area (Å²) in [6.07, 6.45) is 1.78. The van der Waals surface area contributed by atoms with Gasteiger partial charge in [0.15, 0.2) is 0 Å². The van der Waals surface area contributed by atoms with Crippen molar-refractivity contribution < 1.29 is 19.4 Å². The SMILES string of the molecule is CSc1c(O)ccc(CC(C)C(=O)O)c1F. The zero-order valence-corrected chi connectivity index (χ0v) is 9.84. The Balaban J connectivity index is 3.02. The van der Waals surface area contributed by atoms with Crippen molar-refractivity contribution in [2.24, 2.45) is 5.92 Å². The Morgan fingerprint density at radius 3 is 2.69 bits per heavy atom. The summed E-state index contributed by atoms with van der Waals surface area (Å²) in [4.78, 5) is 10.8. The Morgan fingerprint density at radius 1 is 1.56 bits per heavy atom. The third kappa shape index (κ3) is 2.66. The Labute approximate surface area is 97.3 Å². The number of aliphatic carboxylic acids is 1. The van der Waals surface area contributed by atoms with E-state index in [4.69, 9.17) is 5.11 Å². The standard InChI is InChI=1S/C11H13FO3S/c1-6(11(14)15)5-7-3-4-8(13)10(16-2)9(7)12/h3-4,6,13H,5H2,1-2H3,(H,14,15). The van der Waals surface area contributed by atoms with Gasteiger partial charge in [-0.25, -0.2) is 4.39 Å². The van der Waals surface area contributed by atoms with Gasteiger partial charge in [-0.2, -0.15) is 0 Å². The molecule has 0 saturated heterocycles. The number of thioether (sulfide) groups is 1. The number of halogens is 1. The highest BCUT2D eigenvalue weighted by atomic mass is 32.2. The fraction of sp³-hybridized carbons (Fsp3) is 0.364. The van der Waals surface area contributed by atoms with Crippen LogP contribution in [0.1, 0.15) is 12.5 Å². The van der Waals surface area contributed by atoms with Crippen LogP contribution in [0.2, 0.25) is 0 Å². The molecule has 0 aliphatic carbocycles. The average Bonchev–Trinajstić information content (AvgIpc) is 2.22. The molecule has 3 nitrogen and oxygen atoms in total. The zero-order valence-electron chi connectivity index (χ0n) is 9.03. The largest absolute Gasteiger partial charge is 0.507 e. The van der Waals surface area contributed by atoms with Gasteiger partial charge in [0.1, 0.15) is 11.6 Å². The maximum absolute atomic E-state index is 13.8. The summed E-state index contributed by atoms with van der Waals surface area (Å²) < 4.78 is 13.8. The van der Waals surface area contributed by atoms with Crippen LogP contribution in [0, 0.1) is 11.7 Å². The molecule has 0 bridgehead atoms. The minimum atomic E-state index is -0.960. The van der Waals surface area contributed by atoms with E-state index in [0.29, 0.717) is 5.56 Å². The van der Waals surface area contributed by atoms with Crippen LogP contribution >= 0.6 is 11.8 Å². The molecule has 0 aliphatic heterocycles. The molecule has 0 amide bonds. The highest BCUT2D eigenvalue weighted by Gasteiger charge is 2.17. The number of hydrogen-bond donors (Lipinski definition) is 2. The molecule has 1 rings (SSSR count). The van der Waals surface area contributed by atoms with E-state index in [9.17, 15) is 14.3 Å². The van der Waals surface area contributed by atoms with Crippen molar-refractivity contribution in [1.29, 1.82) is 0 Å². The van der Waals surface area contributed by atoms with Crippen LogP contribution in [0.3, 0.4) is 0 Å². The third-order valence-electron chi connectivity index (χ3n) is 2.31.